The maximum Gasteiger partial charge on any atom is 0.338 e. The van der Waals surface area contributed by atoms with Crippen molar-refractivity contribution >= 4 is 29.3 Å². The summed E-state index contributed by atoms with van der Waals surface area (Å²) in [6, 6.07) is 12.2. The topological polar surface area (TPSA) is 83.1 Å². The zero-order chi connectivity index (χ0) is 24.2. The van der Waals surface area contributed by atoms with Gasteiger partial charge in [0.05, 0.1) is 25.8 Å². The first-order valence-electron chi connectivity index (χ1n) is 11.2. The summed E-state index contributed by atoms with van der Waals surface area (Å²) in [6.45, 7) is 5.70. The molecule has 180 valence electrons. The lowest BCUT2D eigenvalue weighted by molar-refractivity contribution is -0.136. The Hall–Kier alpha value is -3.23. The van der Waals surface area contributed by atoms with Gasteiger partial charge in [-0.25, -0.2) is 9.59 Å². The van der Waals surface area contributed by atoms with Crippen LogP contribution in [0.15, 0.2) is 53.7 Å². The molecule has 0 aromatic heterocycles. The van der Waals surface area contributed by atoms with E-state index in [1.54, 1.807) is 19.2 Å². The Balaban J connectivity index is 1.54. The van der Waals surface area contributed by atoms with Crippen LogP contribution in [0, 0.1) is 6.92 Å². The second-order valence-electron chi connectivity index (χ2n) is 8.38. The zero-order valence-corrected chi connectivity index (χ0v) is 20.3. The molecule has 0 bridgehead atoms. The van der Waals surface area contributed by atoms with Crippen molar-refractivity contribution in [3.63, 3.8) is 0 Å². The minimum atomic E-state index is -0.613. The molecule has 0 aliphatic carbocycles. The summed E-state index contributed by atoms with van der Waals surface area (Å²) >= 11 is 6.21. The van der Waals surface area contributed by atoms with Gasteiger partial charge < -0.3 is 25.0 Å². The molecule has 1 saturated heterocycles. The summed E-state index contributed by atoms with van der Waals surface area (Å²) in [7, 11) is 2.94. The predicted molar refractivity (Wildman–Crippen MR) is 131 cm³/mol. The van der Waals surface area contributed by atoms with Crippen LogP contribution in [0.5, 0.6) is 5.75 Å². The predicted octanol–water partition coefficient (Wildman–Crippen LogP) is 3.26. The number of ether oxygens (including phenoxy) is 2. The molecule has 0 radical (unpaired) electrons. The summed E-state index contributed by atoms with van der Waals surface area (Å²) in [5.74, 6) is 0.220. The number of nitrogens with one attached hydrogen (secondary N) is 2. The van der Waals surface area contributed by atoms with Crippen molar-refractivity contribution in [3.8, 4) is 5.75 Å². The van der Waals surface area contributed by atoms with E-state index in [4.69, 9.17) is 21.1 Å². The van der Waals surface area contributed by atoms with Gasteiger partial charge >= 0.3 is 12.0 Å². The number of urea groups is 1. The van der Waals surface area contributed by atoms with Gasteiger partial charge in [-0.1, -0.05) is 29.8 Å². The Morgan fingerprint density at radius 3 is 2.44 bits per heavy atom. The largest absolute Gasteiger partial charge is 0.497 e. The molecule has 2 heterocycles. The SMILES string of the molecule is COC(=O)C1=C(CN2CCN(c3cc(Cl)ccc3C)CC2)NC(=O)NC1c1ccc(OC)cc1. The Bertz CT molecular complexity index is 1090. The minimum absolute atomic E-state index is 0.350. The molecule has 2 aromatic carbocycles. The molecule has 2 amide bonds. The highest BCUT2D eigenvalue weighted by Crippen LogP contribution is 2.30. The van der Waals surface area contributed by atoms with E-state index >= 15 is 0 Å². The number of aryl methyl sites for hydroxylation is 1. The van der Waals surface area contributed by atoms with Crippen molar-refractivity contribution in [2.75, 3.05) is 51.8 Å². The standard InChI is InChI=1S/C25H29ClN4O4/c1-16-4-7-18(26)14-21(16)30-12-10-29(11-13-30)15-20-22(24(31)34-3)23(28-25(32)27-20)17-5-8-19(33-2)9-6-17/h4-9,14,23H,10-13,15H2,1-3H3,(H2,27,28,32). The van der Waals surface area contributed by atoms with E-state index < -0.39 is 12.0 Å². The van der Waals surface area contributed by atoms with E-state index in [0.29, 0.717) is 23.6 Å². The average molecular weight is 485 g/mol. The van der Waals surface area contributed by atoms with Crippen LogP contribution in [-0.4, -0.2) is 63.8 Å². The van der Waals surface area contributed by atoms with E-state index in [-0.39, 0.29) is 6.03 Å². The Morgan fingerprint density at radius 1 is 1.09 bits per heavy atom. The molecule has 8 nitrogen and oxygen atoms in total. The smallest absolute Gasteiger partial charge is 0.338 e. The van der Waals surface area contributed by atoms with Crippen molar-refractivity contribution < 1.29 is 19.1 Å². The van der Waals surface area contributed by atoms with Gasteiger partial charge in [0.15, 0.2) is 0 Å². The van der Waals surface area contributed by atoms with Gasteiger partial charge in [-0.05, 0) is 42.3 Å². The van der Waals surface area contributed by atoms with Crippen LogP contribution in [0.1, 0.15) is 17.2 Å². The summed E-state index contributed by atoms with van der Waals surface area (Å²) in [4.78, 5) is 29.9. The second-order valence-corrected chi connectivity index (χ2v) is 8.82. The first-order chi connectivity index (χ1) is 16.4. The quantitative estimate of drug-likeness (QED) is 0.612. The summed E-state index contributed by atoms with van der Waals surface area (Å²) in [5, 5.41) is 6.42. The molecule has 1 fully saturated rings. The third kappa shape index (κ3) is 5.13. The molecule has 0 spiro atoms. The van der Waals surface area contributed by atoms with E-state index in [0.717, 1.165) is 42.5 Å². The van der Waals surface area contributed by atoms with E-state index in [2.05, 4.69) is 27.4 Å². The van der Waals surface area contributed by atoms with E-state index in [1.165, 1.54) is 12.7 Å². The highest BCUT2D eigenvalue weighted by Gasteiger charge is 2.34. The van der Waals surface area contributed by atoms with Crippen LogP contribution in [0.4, 0.5) is 10.5 Å². The molecule has 4 rings (SSSR count). The van der Waals surface area contributed by atoms with Gasteiger partial charge in [-0.15, -0.1) is 0 Å². The zero-order valence-electron chi connectivity index (χ0n) is 19.6. The highest BCUT2D eigenvalue weighted by atomic mass is 35.5. The van der Waals surface area contributed by atoms with Gasteiger partial charge in [0.1, 0.15) is 5.75 Å². The number of nitrogens with zero attached hydrogens (tertiary/aromatic N) is 2. The fraction of sp³-hybridized carbons (Fsp3) is 0.360. The fourth-order valence-electron chi connectivity index (χ4n) is 4.43. The molecule has 2 aliphatic heterocycles. The normalized spacial score (nSPS) is 18.9. The monoisotopic (exact) mass is 484 g/mol. The molecule has 2 N–H and O–H groups in total. The molecule has 2 aliphatic rings. The van der Waals surface area contributed by atoms with Crippen LogP contribution in [0.2, 0.25) is 5.02 Å². The van der Waals surface area contributed by atoms with Gasteiger partial charge in [0.2, 0.25) is 0 Å². The van der Waals surface area contributed by atoms with Crippen LogP contribution < -0.4 is 20.3 Å². The third-order valence-corrected chi connectivity index (χ3v) is 6.51. The molecule has 1 unspecified atom stereocenters. The number of methoxy groups -OCH3 is 2. The Morgan fingerprint density at radius 2 is 1.79 bits per heavy atom. The van der Waals surface area contributed by atoms with Gasteiger partial charge in [-0.3, -0.25) is 4.90 Å². The number of piperazine rings is 1. The molecule has 0 saturated carbocycles. The number of carbonyl (C=O) groups is 2. The lowest BCUT2D eigenvalue weighted by Crippen LogP contribution is -2.51. The molecule has 1 atom stereocenters. The number of anilines is 1. The number of esters is 1. The van der Waals surface area contributed by atoms with Crippen LogP contribution in [0.3, 0.4) is 0 Å². The maximum absolute atomic E-state index is 12.8. The van der Waals surface area contributed by atoms with Crippen molar-refractivity contribution in [3.05, 3.63) is 69.9 Å². The van der Waals surface area contributed by atoms with Crippen molar-refractivity contribution in [2.24, 2.45) is 0 Å². The number of rotatable bonds is 6. The summed E-state index contributed by atoms with van der Waals surface area (Å²) < 4.78 is 10.3. The van der Waals surface area contributed by atoms with Gasteiger partial charge in [0.25, 0.3) is 0 Å². The minimum Gasteiger partial charge on any atom is -0.497 e. The van der Waals surface area contributed by atoms with Crippen LogP contribution >= 0.6 is 11.6 Å². The molecular weight excluding hydrogens is 456 g/mol. The first kappa shape index (κ1) is 23.9. The first-order valence-corrected chi connectivity index (χ1v) is 11.5. The molecule has 9 heteroatoms. The maximum atomic E-state index is 12.8. The Labute approximate surface area is 204 Å². The number of carbonyl (C=O) groups excluding carboxylic acids is 2. The highest BCUT2D eigenvalue weighted by molar-refractivity contribution is 6.30. The van der Waals surface area contributed by atoms with E-state index in [9.17, 15) is 9.59 Å². The number of hydrogen-bond acceptors (Lipinski definition) is 6. The van der Waals surface area contributed by atoms with E-state index in [1.807, 2.05) is 30.3 Å². The summed E-state index contributed by atoms with van der Waals surface area (Å²) in [6.07, 6.45) is 0. The van der Waals surface area contributed by atoms with Crippen molar-refractivity contribution in [1.29, 1.82) is 0 Å². The Kier molecular flexibility index (Phi) is 7.29. The molecular formula is C25H29ClN4O4. The molecule has 34 heavy (non-hydrogen) atoms. The number of halogens is 1. The van der Waals surface area contributed by atoms with Crippen LogP contribution in [0.25, 0.3) is 0 Å². The third-order valence-electron chi connectivity index (χ3n) is 6.27. The van der Waals surface area contributed by atoms with Crippen molar-refractivity contribution in [1.82, 2.24) is 15.5 Å². The molecule has 2 aromatic rings. The number of benzene rings is 2. The number of hydrogen-bond donors (Lipinski definition) is 2. The average Bonchev–Trinajstić information content (AvgIpc) is 2.85. The fourth-order valence-corrected chi connectivity index (χ4v) is 4.60. The van der Waals surface area contributed by atoms with Gasteiger partial charge in [-0.2, -0.15) is 0 Å². The lowest BCUT2D eigenvalue weighted by atomic mass is 9.95. The lowest BCUT2D eigenvalue weighted by Gasteiger charge is -2.38. The number of amides is 2. The second kappa shape index (κ2) is 10.4. The van der Waals surface area contributed by atoms with Crippen molar-refractivity contribution in [2.45, 2.75) is 13.0 Å². The summed E-state index contributed by atoms with van der Waals surface area (Å²) in [5.41, 5.74) is 4.05. The van der Waals surface area contributed by atoms with Gasteiger partial charge in [0, 0.05) is 49.1 Å². The van der Waals surface area contributed by atoms with Crippen LogP contribution in [-0.2, 0) is 9.53 Å².